The number of piperidine rings is 1. The van der Waals surface area contributed by atoms with E-state index in [-0.39, 0.29) is 0 Å². The van der Waals surface area contributed by atoms with Crippen LogP contribution < -0.4 is 4.90 Å². The lowest BCUT2D eigenvalue weighted by atomic mass is 10.0. The van der Waals surface area contributed by atoms with Crippen LogP contribution in [0.1, 0.15) is 56.6 Å². The molecule has 2 fully saturated rings. The van der Waals surface area contributed by atoms with Gasteiger partial charge in [-0.25, -0.2) is 4.98 Å². The van der Waals surface area contributed by atoms with Crippen LogP contribution in [0.3, 0.4) is 0 Å². The molecule has 1 aliphatic heterocycles. The molecule has 0 amide bonds. The Morgan fingerprint density at radius 2 is 1.68 bits per heavy atom. The molecule has 1 saturated heterocycles. The zero-order valence-corrected chi connectivity index (χ0v) is 14.0. The SMILES string of the molecule is Clc1nc(N2CCCCC2)nc(C2CCCC2)c1I. The minimum Gasteiger partial charge on any atom is -0.341 e. The normalized spacial score (nSPS) is 21.1. The Bertz CT molecular complexity index is 454. The maximum absolute atomic E-state index is 6.33. The molecule has 3 nitrogen and oxygen atoms in total. The molecule has 2 heterocycles. The van der Waals surface area contributed by atoms with Gasteiger partial charge in [-0.1, -0.05) is 24.4 Å². The maximum Gasteiger partial charge on any atom is 0.227 e. The van der Waals surface area contributed by atoms with E-state index < -0.39 is 0 Å². The topological polar surface area (TPSA) is 29.0 Å². The van der Waals surface area contributed by atoms with Gasteiger partial charge in [-0.2, -0.15) is 4.98 Å². The van der Waals surface area contributed by atoms with Crippen molar-refractivity contribution in [3.63, 3.8) is 0 Å². The second-order valence-corrected chi connectivity index (χ2v) is 6.98. The van der Waals surface area contributed by atoms with Crippen molar-refractivity contribution in [3.05, 3.63) is 14.4 Å². The predicted molar refractivity (Wildman–Crippen MR) is 87.0 cm³/mol. The average Bonchev–Trinajstić information content (AvgIpc) is 2.96. The summed E-state index contributed by atoms with van der Waals surface area (Å²) in [7, 11) is 0. The van der Waals surface area contributed by atoms with Crippen LogP contribution in [-0.2, 0) is 0 Å². The molecule has 0 unspecified atom stereocenters. The summed E-state index contributed by atoms with van der Waals surface area (Å²) in [5, 5.41) is 0.637. The Hall–Kier alpha value is -0.100. The highest BCUT2D eigenvalue weighted by atomic mass is 127. The van der Waals surface area contributed by atoms with E-state index >= 15 is 0 Å². The lowest BCUT2D eigenvalue weighted by Crippen LogP contribution is -2.31. The van der Waals surface area contributed by atoms with E-state index in [1.54, 1.807) is 0 Å². The van der Waals surface area contributed by atoms with E-state index in [9.17, 15) is 0 Å². The third-order valence-electron chi connectivity index (χ3n) is 4.21. The number of halogens is 2. The number of nitrogens with zero attached hydrogens (tertiary/aromatic N) is 3. The fourth-order valence-corrected chi connectivity index (χ4v) is 3.98. The summed E-state index contributed by atoms with van der Waals surface area (Å²) in [6.07, 6.45) is 8.95. The molecule has 0 aromatic carbocycles. The molecule has 1 aromatic heterocycles. The third kappa shape index (κ3) is 2.99. The van der Waals surface area contributed by atoms with Gasteiger partial charge in [0.05, 0.1) is 9.26 Å². The lowest BCUT2D eigenvalue weighted by molar-refractivity contribution is 0.565. The maximum atomic E-state index is 6.33. The molecule has 0 N–H and O–H groups in total. The summed E-state index contributed by atoms with van der Waals surface area (Å²) < 4.78 is 1.06. The van der Waals surface area contributed by atoms with Crippen LogP contribution in [0.5, 0.6) is 0 Å². The van der Waals surface area contributed by atoms with Crippen molar-refractivity contribution in [2.24, 2.45) is 0 Å². The lowest BCUT2D eigenvalue weighted by Gasteiger charge is -2.27. The van der Waals surface area contributed by atoms with Crippen LogP contribution in [-0.4, -0.2) is 23.1 Å². The molecule has 0 bridgehead atoms. The Labute approximate surface area is 133 Å². The second kappa shape index (κ2) is 6.12. The third-order valence-corrected chi connectivity index (χ3v) is 5.86. The first kappa shape index (κ1) is 13.9. The largest absolute Gasteiger partial charge is 0.341 e. The van der Waals surface area contributed by atoms with Gasteiger partial charge >= 0.3 is 0 Å². The highest BCUT2D eigenvalue weighted by Crippen LogP contribution is 2.37. The fourth-order valence-electron chi connectivity index (χ4n) is 3.13. The minimum absolute atomic E-state index is 0.593. The number of aromatic nitrogens is 2. The summed E-state index contributed by atoms with van der Waals surface area (Å²) in [5.74, 6) is 1.45. The zero-order chi connectivity index (χ0) is 13.2. The van der Waals surface area contributed by atoms with Gasteiger partial charge in [0.25, 0.3) is 0 Å². The van der Waals surface area contributed by atoms with Crippen LogP contribution in [0.4, 0.5) is 5.95 Å². The van der Waals surface area contributed by atoms with Crippen molar-refractivity contribution >= 4 is 40.1 Å². The van der Waals surface area contributed by atoms with E-state index in [1.165, 1.54) is 50.6 Å². The quantitative estimate of drug-likeness (QED) is 0.553. The van der Waals surface area contributed by atoms with Crippen LogP contribution in [0.25, 0.3) is 0 Å². The van der Waals surface area contributed by atoms with Crippen LogP contribution >= 0.6 is 34.2 Å². The van der Waals surface area contributed by atoms with Gasteiger partial charge in [0, 0.05) is 19.0 Å². The Balaban J connectivity index is 1.92. The molecule has 1 saturated carbocycles. The fraction of sp³-hybridized carbons (Fsp3) is 0.714. The van der Waals surface area contributed by atoms with Crippen LogP contribution in [0, 0.1) is 3.57 Å². The van der Waals surface area contributed by atoms with Gasteiger partial charge in [-0.3, -0.25) is 0 Å². The number of hydrogen-bond donors (Lipinski definition) is 0. The summed E-state index contributed by atoms with van der Waals surface area (Å²) >= 11 is 8.64. The molecular weight excluding hydrogens is 373 g/mol. The Kier molecular flexibility index (Phi) is 4.47. The molecule has 0 atom stereocenters. The Morgan fingerprint density at radius 3 is 2.37 bits per heavy atom. The molecule has 2 aliphatic rings. The standard InChI is InChI=1S/C14H19ClIN3/c15-13-11(16)12(10-6-2-3-7-10)17-14(18-13)19-8-4-1-5-9-19/h10H,1-9H2. The van der Waals surface area contributed by atoms with Crippen LogP contribution in [0.15, 0.2) is 0 Å². The Morgan fingerprint density at radius 1 is 1.00 bits per heavy atom. The van der Waals surface area contributed by atoms with Crippen molar-refractivity contribution in [1.82, 2.24) is 9.97 Å². The molecule has 1 aromatic rings. The highest BCUT2D eigenvalue weighted by molar-refractivity contribution is 14.1. The van der Waals surface area contributed by atoms with Gasteiger partial charge in [0.2, 0.25) is 5.95 Å². The monoisotopic (exact) mass is 391 g/mol. The van der Waals surface area contributed by atoms with E-state index in [1.807, 2.05) is 0 Å². The predicted octanol–water partition coefficient (Wildman–Crippen LogP) is 4.38. The van der Waals surface area contributed by atoms with Crippen molar-refractivity contribution in [1.29, 1.82) is 0 Å². The molecule has 104 valence electrons. The minimum atomic E-state index is 0.593. The highest BCUT2D eigenvalue weighted by Gasteiger charge is 2.25. The number of anilines is 1. The second-order valence-electron chi connectivity index (χ2n) is 5.54. The number of hydrogen-bond acceptors (Lipinski definition) is 3. The molecular formula is C14H19ClIN3. The van der Waals surface area contributed by atoms with Gasteiger partial charge in [-0.05, 0) is 54.7 Å². The van der Waals surface area contributed by atoms with Gasteiger partial charge in [-0.15, -0.1) is 0 Å². The molecule has 0 radical (unpaired) electrons. The van der Waals surface area contributed by atoms with E-state index in [0.717, 1.165) is 22.6 Å². The van der Waals surface area contributed by atoms with Crippen molar-refractivity contribution < 1.29 is 0 Å². The van der Waals surface area contributed by atoms with Gasteiger partial charge < -0.3 is 4.90 Å². The number of rotatable bonds is 2. The molecule has 0 spiro atoms. The smallest absolute Gasteiger partial charge is 0.227 e. The molecule has 5 heteroatoms. The zero-order valence-electron chi connectivity index (χ0n) is 11.0. The first-order chi connectivity index (χ1) is 9.25. The van der Waals surface area contributed by atoms with Crippen molar-refractivity contribution in [2.45, 2.75) is 50.9 Å². The van der Waals surface area contributed by atoms with Gasteiger partial charge in [0.15, 0.2) is 0 Å². The summed E-state index contributed by atoms with van der Waals surface area (Å²) in [4.78, 5) is 11.7. The first-order valence-corrected chi connectivity index (χ1v) is 8.69. The van der Waals surface area contributed by atoms with Crippen molar-refractivity contribution in [2.75, 3.05) is 18.0 Å². The van der Waals surface area contributed by atoms with Crippen LogP contribution in [0.2, 0.25) is 5.15 Å². The molecule has 19 heavy (non-hydrogen) atoms. The summed E-state index contributed by atoms with van der Waals surface area (Å²) in [6, 6.07) is 0. The van der Waals surface area contributed by atoms with E-state index in [0.29, 0.717) is 11.1 Å². The van der Waals surface area contributed by atoms with Crippen molar-refractivity contribution in [3.8, 4) is 0 Å². The van der Waals surface area contributed by atoms with E-state index in [2.05, 4.69) is 32.5 Å². The first-order valence-electron chi connectivity index (χ1n) is 7.23. The molecule has 3 rings (SSSR count). The van der Waals surface area contributed by atoms with E-state index in [4.69, 9.17) is 16.6 Å². The summed E-state index contributed by atoms with van der Waals surface area (Å²) in [6.45, 7) is 2.14. The van der Waals surface area contributed by atoms with Gasteiger partial charge in [0.1, 0.15) is 5.15 Å². The average molecular weight is 392 g/mol. The summed E-state index contributed by atoms with van der Waals surface area (Å²) in [5.41, 5.74) is 1.19. The molecule has 1 aliphatic carbocycles.